The van der Waals surface area contributed by atoms with Crippen molar-refractivity contribution in [3.05, 3.63) is 0 Å². The molecule has 0 heterocycles. The predicted molar refractivity (Wildman–Crippen MR) is 170 cm³/mol. The van der Waals surface area contributed by atoms with Crippen molar-refractivity contribution >= 4 is 5.97 Å². The molecule has 0 spiro atoms. The van der Waals surface area contributed by atoms with Crippen molar-refractivity contribution in [3.8, 4) is 0 Å². The third-order valence-electron chi connectivity index (χ3n) is 8.25. The Morgan fingerprint density at radius 3 is 0.872 bits per heavy atom. The van der Waals surface area contributed by atoms with Gasteiger partial charge in [0.15, 0.2) is 0 Å². The molecule has 0 aromatic carbocycles. The Labute approximate surface area is 257 Å². The van der Waals surface area contributed by atoms with Crippen LogP contribution in [-0.2, 0) is 26.6 Å². The second-order valence-corrected chi connectivity index (χ2v) is 12.2. The molecule has 0 atom stereocenters. The Kier molecular flexibility index (Phi) is 40.1. The molecule has 239 valence electrons. The number of hydrogen-bond acceptors (Lipinski definition) is 2. The largest absolute Gasteiger partial charge is 0.466 e. The number of unbranched alkanes of at least 4 members (excludes halogenated alkanes) is 29. The van der Waals surface area contributed by atoms with Crippen LogP contribution in [0.1, 0.15) is 219 Å². The SMILES string of the molecule is CCCCCCCCCCCCCCCCCCOC(=O)CCCCCCCCCCCCCCCCC.[Cu]. The van der Waals surface area contributed by atoms with E-state index >= 15 is 0 Å². The van der Waals surface area contributed by atoms with Gasteiger partial charge in [0.2, 0.25) is 0 Å². The molecule has 0 aromatic rings. The molecule has 0 fully saturated rings. The van der Waals surface area contributed by atoms with Crippen molar-refractivity contribution in [3.63, 3.8) is 0 Å². The van der Waals surface area contributed by atoms with Crippen molar-refractivity contribution in [2.45, 2.75) is 219 Å². The summed E-state index contributed by atoms with van der Waals surface area (Å²) in [5.41, 5.74) is 0. The molecule has 2 nitrogen and oxygen atoms in total. The van der Waals surface area contributed by atoms with E-state index in [9.17, 15) is 4.79 Å². The molecule has 0 N–H and O–H groups in total. The minimum atomic E-state index is 0. The number of hydrogen-bond donors (Lipinski definition) is 0. The quantitative estimate of drug-likeness (QED) is 0.0426. The first-order valence-corrected chi connectivity index (χ1v) is 18.0. The standard InChI is InChI=1S/C36H72O2.Cu/c1-3-5-7-9-11-13-15-17-19-21-23-25-27-29-31-33-35-38-36(37)34-32-30-28-26-24-22-20-18-16-14-12-10-8-6-4-2;/h3-35H2,1-2H3;. The monoisotopic (exact) mass is 599 g/mol. The van der Waals surface area contributed by atoms with E-state index in [1.807, 2.05) is 0 Å². The maximum atomic E-state index is 11.9. The molecule has 0 aliphatic heterocycles. The van der Waals surface area contributed by atoms with Crippen LogP contribution in [-0.4, -0.2) is 12.6 Å². The number of carbonyl (C=O) groups excluding carboxylic acids is 1. The van der Waals surface area contributed by atoms with E-state index in [1.165, 1.54) is 186 Å². The molecule has 0 amide bonds. The van der Waals surface area contributed by atoms with Gasteiger partial charge in [-0.2, -0.15) is 0 Å². The van der Waals surface area contributed by atoms with E-state index in [1.54, 1.807) is 0 Å². The molecule has 0 aliphatic carbocycles. The maximum Gasteiger partial charge on any atom is 0.305 e. The zero-order chi connectivity index (χ0) is 27.6. The van der Waals surface area contributed by atoms with Crippen molar-refractivity contribution in [2.24, 2.45) is 0 Å². The molecule has 3 heteroatoms. The van der Waals surface area contributed by atoms with E-state index in [-0.39, 0.29) is 23.0 Å². The summed E-state index contributed by atoms with van der Waals surface area (Å²) in [6.45, 7) is 5.22. The fourth-order valence-electron chi connectivity index (χ4n) is 5.55. The first-order valence-electron chi connectivity index (χ1n) is 18.0. The fraction of sp³-hybridized carbons (Fsp3) is 0.972. The number of esters is 1. The van der Waals surface area contributed by atoms with Gasteiger partial charge in [-0.1, -0.05) is 200 Å². The predicted octanol–water partition coefficient (Wildman–Crippen LogP) is 13.1. The van der Waals surface area contributed by atoms with Crippen LogP contribution in [0.3, 0.4) is 0 Å². The number of rotatable bonds is 33. The van der Waals surface area contributed by atoms with Crippen LogP contribution in [0.2, 0.25) is 0 Å². The molecule has 0 aliphatic rings. The first kappa shape index (κ1) is 41.1. The summed E-state index contributed by atoms with van der Waals surface area (Å²) >= 11 is 0. The average molecular weight is 601 g/mol. The van der Waals surface area contributed by atoms with Crippen LogP contribution in [0, 0.1) is 0 Å². The smallest absolute Gasteiger partial charge is 0.305 e. The molecule has 0 saturated carbocycles. The molecule has 0 aromatic heterocycles. The Hall–Kier alpha value is -0.0105. The third kappa shape index (κ3) is 38.0. The Balaban J connectivity index is 0. The van der Waals surface area contributed by atoms with Crippen LogP contribution in [0.4, 0.5) is 0 Å². The first-order chi connectivity index (χ1) is 18.8. The normalized spacial score (nSPS) is 11.0. The van der Waals surface area contributed by atoms with Gasteiger partial charge in [0.1, 0.15) is 0 Å². The average Bonchev–Trinajstić information content (AvgIpc) is 2.92. The van der Waals surface area contributed by atoms with Gasteiger partial charge < -0.3 is 4.74 Å². The fourth-order valence-corrected chi connectivity index (χ4v) is 5.55. The zero-order valence-electron chi connectivity index (χ0n) is 27.0. The summed E-state index contributed by atoms with van der Waals surface area (Å²) in [4.78, 5) is 11.9. The zero-order valence-corrected chi connectivity index (χ0v) is 27.9. The Morgan fingerprint density at radius 1 is 0.359 bits per heavy atom. The Morgan fingerprint density at radius 2 is 0.590 bits per heavy atom. The topological polar surface area (TPSA) is 26.3 Å². The molecule has 0 bridgehead atoms. The van der Waals surface area contributed by atoms with Gasteiger partial charge in [-0.05, 0) is 12.8 Å². The summed E-state index contributed by atoms with van der Waals surface area (Å²) in [7, 11) is 0. The van der Waals surface area contributed by atoms with E-state index in [0.29, 0.717) is 13.0 Å². The Bertz CT molecular complexity index is 440. The van der Waals surface area contributed by atoms with Crippen LogP contribution in [0.15, 0.2) is 0 Å². The molecule has 1 radical (unpaired) electrons. The van der Waals surface area contributed by atoms with Gasteiger partial charge in [0, 0.05) is 23.5 Å². The number of carbonyl (C=O) groups is 1. The van der Waals surface area contributed by atoms with Gasteiger partial charge in [-0.15, -0.1) is 0 Å². The minimum absolute atomic E-state index is 0. The van der Waals surface area contributed by atoms with Crippen LogP contribution < -0.4 is 0 Å². The van der Waals surface area contributed by atoms with Crippen LogP contribution in [0.5, 0.6) is 0 Å². The molecule has 0 rings (SSSR count). The minimum Gasteiger partial charge on any atom is -0.466 e. The van der Waals surface area contributed by atoms with E-state index in [0.717, 1.165) is 12.8 Å². The summed E-state index contributed by atoms with van der Waals surface area (Å²) in [5.74, 6) is 0.0284. The van der Waals surface area contributed by atoms with Gasteiger partial charge in [0.05, 0.1) is 6.61 Å². The van der Waals surface area contributed by atoms with Gasteiger partial charge >= 0.3 is 5.97 Å². The van der Waals surface area contributed by atoms with E-state index in [4.69, 9.17) is 4.74 Å². The molecule has 0 saturated heterocycles. The van der Waals surface area contributed by atoms with Gasteiger partial charge in [-0.3, -0.25) is 4.79 Å². The molecular weight excluding hydrogens is 528 g/mol. The van der Waals surface area contributed by atoms with Crippen molar-refractivity contribution in [1.29, 1.82) is 0 Å². The van der Waals surface area contributed by atoms with Crippen molar-refractivity contribution < 1.29 is 26.6 Å². The van der Waals surface area contributed by atoms with Crippen molar-refractivity contribution in [1.82, 2.24) is 0 Å². The maximum absolute atomic E-state index is 11.9. The second-order valence-electron chi connectivity index (χ2n) is 12.2. The van der Waals surface area contributed by atoms with E-state index < -0.39 is 0 Å². The van der Waals surface area contributed by atoms with Gasteiger partial charge in [0.25, 0.3) is 0 Å². The second kappa shape index (κ2) is 38.0. The van der Waals surface area contributed by atoms with Crippen molar-refractivity contribution in [2.75, 3.05) is 6.61 Å². The number of ether oxygens (including phenoxy) is 1. The van der Waals surface area contributed by atoms with E-state index in [2.05, 4.69) is 13.8 Å². The summed E-state index contributed by atoms with van der Waals surface area (Å²) in [5, 5.41) is 0. The third-order valence-corrected chi connectivity index (χ3v) is 8.25. The molecular formula is C36H72CuO2. The molecule has 39 heavy (non-hydrogen) atoms. The van der Waals surface area contributed by atoms with Crippen LogP contribution >= 0.6 is 0 Å². The summed E-state index contributed by atoms with van der Waals surface area (Å²) < 4.78 is 5.44. The summed E-state index contributed by atoms with van der Waals surface area (Å²) in [6.07, 6.45) is 43.1. The van der Waals surface area contributed by atoms with Gasteiger partial charge in [-0.25, -0.2) is 0 Å². The van der Waals surface area contributed by atoms with Crippen LogP contribution in [0.25, 0.3) is 0 Å². The molecule has 0 unspecified atom stereocenters. The summed E-state index contributed by atoms with van der Waals surface area (Å²) in [6, 6.07) is 0.